The van der Waals surface area contributed by atoms with Gasteiger partial charge in [-0.2, -0.15) is 0 Å². The van der Waals surface area contributed by atoms with Crippen LogP contribution in [-0.2, 0) is 0 Å². The van der Waals surface area contributed by atoms with Crippen LogP contribution in [0.5, 0.6) is 0 Å². The van der Waals surface area contributed by atoms with E-state index in [2.05, 4.69) is 13.1 Å². The zero-order chi connectivity index (χ0) is 7.07. The minimum Gasteiger partial charge on any atom is -0.126 e. The smallest absolute Gasteiger partial charge is 0.0877 e. The first-order valence-electron chi connectivity index (χ1n) is 3.33. The predicted molar refractivity (Wildman–Crippen MR) is 46.0 cm³/mol. The topological polar surface area (TPSA) is 0 Å². The van der Waals surface area contributed by atoms with E-state index in [1.165, 1.54) is 0 Å². The van der Waals surface area contributed by atoms with Gasteiger partial charge in [-0.25, -0.2) is 0 Å². The number of hydrogen-bond donors (Lipinski definition) is 0. The first-order valence-corrected chi connectivity index (χ1v) is 7.36. The lowest BCUT2D eigenvalue weighted by Crippen LogP contribution is -2.40. The molecular weight excluding hydrogens is 171 g/mol. The van der Waals surface area contributed by atoms with E-state index in [9.17, 15) is 0 Å². The van der Waals surface area contributed by atoms with Gasteiger partial charge in [-0.15, -0.1) is 23.2 Å². The Morgan fingerprint density at radius 2 is 1.44 bits per heavy atom. The monoisotopic (exact) mass is 182 g/mol. The van der Waals surface area contributed by atoms with Gasteiger partial charge in [0.15, 0.2) is 0 Å². The maximum atomic E-state index is 6.08. The highest BCUT2D eigenvalue weighted by atomic mass is 35.5. The molecule has 0 nitrogen and oxygen atoms in total. The molecule has 0 aliphatic carbocycles. The predicted octanol–water partition coefficient (Wildman–Crippen LogP) is 2.78. The Morgan fingerprint density at radius 3 is 1.56 bits per heavy atom. The van der Waals surface area contributed by atoms with E-state index in [0.717, 1.165) is 12.8 Å². The lowest BCUT2D eigenvalue weighted by molar-refractivity contribution is 0.893. The van der Waals surface area contributed by atoms with E-state index < -0.39 is 8.07 Å². The van der Waals surface area contributed by atoms with Crippen LogP contribution >= 0.6 is 23.2 Å². The summed E-state index contributed by atoms with van der Waals surface area (Å²) in [6.07, 6.45) is 2.27. The van der Waals surface area contributed by atoms with Crippen molar-refractivity contribution in [2.45, 2.75) is 35.9 Å². The number of rotatable bonds is 0. The standard InChI is InChI=1S/C6H12Cl2Si/c1-9(2)5(7)3-4-6(9)8/h5-6H,3-4H2,1-2H3/t5-,6-/m0/s1. The van der Waals surface area contributed by atoms with Crippen LogP contribution in [0.25, 0.3) is 0 Å². The highest BCUT2D eigenvalue weighted by Gasteiger charge is 2.42. The van der Waals surface area contributed by atoms with Gasteiger partial charge in [-0.1, -0.05) is 13.1 Å². The van der Waals surface area contributed by atoms with Gasteiger partial charge in [0.25, 0.3) is 0 Å². The zero-order valence-electron chi connectivity index (χ0n) is 5.82. The van der Waals surface area contributed by atoms with Gasteiger partial charge in [-0.05, 0) is 12.8 Å². The molecule has 1 aliphatic rings. The number of hydrogen-bond acceptors (Lipinski definition) is 0. The van der Waals surface area contributed by atoms with Crippen LogP contribution in [0.3, 0.4) is 0 Å². The summed E-state index contributed by atoms with van der Waals surface area (Å²) < 4.78 is 0. The molecule has 1 aliphatic heterocycles. The molecule has 0 spiro atoms. The molecule has 0 aromatic rings. The third-order valence-electron chi connectivity index (χ3n) is 2.29. The third kappa shape index (κ3) is 1.28. The van der Waals surface area contributed by atoms with E-state index in [0.29, 0.717) is 10.0 Å². The molecule has 0 aromatic carbocycles. The van der Waals surface area contributed by atoms with Gasteiger partial charge in [0, 0.05) is 10.0 Å². The molecule has 0 bridgehead atoms. The molecule has 0 amide bonds. The van der Waals surface area contributed by atoms with Crippen LogP contribution in [-0.4, -0.2) is 18.1 Å². The molecule has 0 unspecified atom stereocenters. The van der Waals surface area contributed by atoms with E-state index in [1.54, 1.807) is 0 Å². The van der Waals surface area contributed by atoms with Gasteiger partial charge in [-0.3, -0.25) is 0 Å². The second-order valence-electron chi connectivity index (χ2n) is 3.33. The summed E-state index contributed by atoms with van der Waals surface area (Å²) in [5, 5.41) is 0.833. The van der Waals surface area contributed by atoms with Crippen molar-refractivity contribution in [2.75, 3.05) is 0 Å². The molecule has 0 radical (unpaired) electrons. The molecule has 54 valence electrons. The Morgan fingerprint density at radius 1 is 1.11 bits per heavy atom. The van der Waals surface area contributed by atoms with E-state index in [1.807, 2.05) is 0 Å². The van der Waals surface area contributed by atoms with Crippen LogP contribution in [0, 0.1) is 0 Å². The molecule has 3 heteroatoms. The van der Waals surface area contributed by atoms with E-state index >= 15 is 0 Å². The Balaban J connectivity index is 2.66. The Bertz CT molecular complexity index is 102. The highest BCUT2D eigenvalue weighted by molar-refractivity contribution is 6.91. The summed E-state index contributed by atoms with van der Waals surface area (Å²) in [4.78, 5) is 0. The van der Waals surface area contributed by atoms with Crippen LogP contribution < -0.4 is 0 Å². The van der Waals surface area contributed by atoms with Gasteiger partial charge >= 0.3 is 0 Å². The van der Waals surface area contributed by atoms with Crippen molar-refractivity contribution < 1.29 is 0 Å². The maximum absolute atomic E-state index is 6.08. The van der Waals surface area contributed by atoms with E-state index in [4.69, 9.17) is 23.2 Å². The average Bonchev–Trinajstić information content (AvgIpc) is 1.96. The molecule has 9 heavy (non-hydrogen) atoms. The van der Waals surface area contributed by atoms with Crippen LogP contribution in [0.2, 0.25) is 13.1 Å². The maximum Gasteiger partial charge on any atom is 0.0877 e. The van der Waals surface area contributed by atoms with Crippen molar-refractivity contribution in [2.24, 2.45) is 0 Å². The molecule has 1 heterocycles. The molecule has 0 N–H and O–H groups in total. The van der Waals surface area contributed by atoms with Gasteiger partial charge < -0.3 is 0 Å². The van der Waals surface area contributed by atoms with Gasteiger partial charge in [0.2, 0.25) is 0 Å². The van der Waals surface area contributed by atoms with Crippen molar-refractivity contribution in [1.82, 2.24) is 0 Å². The second kappa shape index (κ2) is 2.44. The van der Waals surface area contributed by atoms with Crippen molar-refractivity contribution in [3.8, 4) is 0 Å². The third-order valence-corrected chi connectivity index (χ3v) is 9.91. The SMILES string of the molecule is C[Si]1(C)[C@H](Cl)CC[C@H]1Cl. The fourth-order valence-corrected chi connectivity index (χ4v) is 4.80. The lowest BCUT2D eigenvalue weighted by atomic mass is 10.4. The normalized spacial score (nSPS) is 41.3. The molecule has 0 aromatic heterocycles. The first kappa shape index (κ1) is 7.90. The first-order chi connectivity index (χ1) is 4.05. The highest BCUT2D eigenvalue weighted by Crippen LogP contribution is 2.35. The fourth-order valence-electron chi connectivity index (χ4n) is 1.23. The van der Waals surface area contributed by atoms with Gasteiger partial charge in [0.1, 0.15) is 0 Å². The average molecular weight is 183 g/mol. The largest absolute Gasteiger partial charge is 0.126 e. The summed E-state index contributed by atoms with van der Waals surface area (Å²) in [7, 11) is -1.22. The summed E-state index contributed by atoms with van der Waals surface area (Å²) in [5.41, 5.74) is 0. The number of halogens is 2. The molecule has 2 atom stereocenters. The van der Waals surface area contributed by atoms with Crippen molar-refractivity contribution >= 4 is 31.3 Å². The molecule has 1 rings (SSSR count). The van der Waals surface area contributed by atoms with Crippen molar-refractivity contribution in [3.63, 3.8) is 0 Å². The summed E-state index contributed by atoms with van der Waals surface area (Å²) in [6, 6.07) is 0. The van der Waals surface area contributed by atoms with Crippen molar-refractivity contribution in [1.29, 1.82) is 0 Å². The quantitative estimate of drug-likeness (QED) is 0.400. The molecule has 1 saturated heterocycles. The second-order valence-corrected chi connectivity index (χ2v) is 10.2. The van der Waals surface area contributed by atoms with Crippen LogP contribution in [0.1, 0.15) is 12.8 Å². The lowest BCUT2D eigenvalue weighted by Gasteiger charge is -2.22. The molecular formula is C6H12Cl2Si. The Labute approximate surface area is 67.5 Å². The fraction of sp³-hybridized carbons (Fsp3) is 1.00. The summed E-state index contributed by atoms with van der Waals surface area (Å²) in [5.74, 6) is 0. The Kier molecular flexibility index (Phi) is 2.14. The van der Waals surface area contributed by atoms with E-state index in [-0.39, 0.29) is 0 Å². The number of alkyl halides is 2. The summed E-state index contributed by atoms with van der Waals surface area (Å²) in [6.45, 7) is 4.55. The van der Waals surface area contributed by atoms with Crippen molar-refractivity contribution in [3.05, 3.63) is 0 Å². The minimum atomic E-state index is -1.22. The summed E-state index contributed by atoms with van der Waals surface area (Å²) >= 11 is 12.2. The molecule has 1 fully saturated rings. The zero-order valence-corrected chi connectivity index (χ0v) is 8.34. The van der Waals surface area contributed by atoms with Gasteiger partial charge in [0.05, 0.1) is 8.07 Å². The Hall–Kier alpha value is 0.797. The van der Waals surface area contributed by atoms with Crippen LogP contribution in [0.15, 0.2) is 0 Å². The molecule has 0 saturated carbocycles. The van der Waals surface area contributed by atoms with Crippen LogP contribution in [0.4, 0.5) is 0 Å². The minimum absolute atomic E-state index is 0.417.